The first-order chi connectivity index (χ1) is 5.07. The lowest BCUT2D eigenvalue weighted by Crippen LogP contribution is -2.01. The first kappa shape index (κ1) is 9.88. The van der Waals surface area contributed by atoms with Crippen LogP contribution in [0.5, 0.6) is 0 Å². The lowest BCUT2D eigenvalue weighted by molar-refractivity contribution is -0.132. The van der Waals surface area contributed by atoms with Gasteiger partial charge in [0, 0.05) is 5.57 Å². The van der Waals surface area contributed by atoms with Gasteiger partial charge in [-0.25, -0.2) is 9.18 Å². The maximum Gasteiger partial charge on any atom is 0.331 e. The number of carbonyl (C=O) groups is 1. The molecule has 0 fully saturated rings. The van der Waals surface area contributed by atoms with Crippen LogP contribution < -0.4 is 0 Å². The fourth-order valence-corrected chi connectivity index (χ4v) is 0.570. The second-order valence-electron chi connectivity index (χ2n) is 2.20. The van der Waals surface area contributed by atoms with E-state index in [0.29, 0.717) is 0 Å². The molecule has 1 unspecified atom stereocenters. The molecule has 0 aromatic heterocycles. The van der Waals surface area contributed by atoms with Crippen LogP contribution in [0.25, 0.3) is 0 Å². The molecule has 0 aromatic carbocycles. The standard InChI is InChI=1S/C8H11FO2/c1-3-4-7(9)5-6(2)8(10)11/h3,5,7H,1,4H2,2H3,(H,10,11)/b6-5+. The van der Waals surface area contributed by atoms with E-state index in [1.54, 1.807) is 0 Å². The third-order valence-corrected chi connectivity index (χ3v) is 1.16. The molecule has 0 amide bonds. The largest absolute Gasteiger partial charge is 0.478 e. The Balaban J connectivity index is 4.06. The van der Waals surface area contributed by atoms with Crippen molar-refractivity contribution < 1.29 is 14.3 Å². The summed E-state index contributed by atoms with van der Waals surface area (Å²) in [5.41, 5.74) is 0.0272. The summed E-state index contributed by atoms with van der Waals surface area (Å²) in [6.07, 6.45) is 1.41. The summed E-state index contributed by atoms with van der Waals surface area (Å²) in [7, 11) is 0. The minimum atomic E-state index is -1.23. The van der Waals surface area contributed by atoms with Gasteiger partial charge in [-0.15, -0.1) is 6.58 Å². The van der Waals surface area contributed by atoms with Crippen molar-refractivity contribution in [3.05, 3.63) is 24.3 Å². The number of carboxylic acid groups (broad SMARTS) is 1. The highest BCUT2D eigenvalue weighted by Crippen LogP contribution is 2.04. The van der Waals surface area contributed by atoms with Gasteiger partial charge in [-0.1, -0.05) is 6.08 Å². The van der Waals surface area contributed by atoms with Crippen LogP contribution in [0.4, 0.5) is 4.39 Å². The number of allylic oxidation sites excluding steroid dienone is 2. The van der Waals surface area contributed by atoms with Gasteiger partial charge in [0.1, 0.15) is 6.17 Å². The number of carboxylic acids is 1. The molecule has 0 spiro atoms. The number of aliphatic carboxylic acids is 1. The Morgan fingerprint density at radius 1 is 1.82 bits per heavy atom. The molecule has 1 atom stereocenters. The van der Waals surface area contributed by atoms with Crippen LogP contribution in [0.3, 0.4) is 0 Å². The van der Waals surface area contributed by atoms with Gasteiger partial charge in [-0.05, 0) is 19.4 Å². The van der Waals surface area contributed by atoms with Gasteiger partial charge in [0.25, 0.3) is 0 Å². The van der Waals surface area contributed by atoms with Crippen molar-refractivity contribution in [1.82, 2.24) is 0 Å². The maximum absolute atomic E-state index is 12.6. The highest BCUT2D eigenvalue weighted by atomic mass is 19.1. The summed E-state index contributed by atoms with van der Waals surface area (Å²) in [5.74, 6) is -1.09. The van der Waals surface area contributed by atoms with Crippen LogP contribution in [0, 0.1) is 0 Å². The molecule has 0 heterocycles. The lowest BCUT2D eigenvalue weighted by atomic mass is 10.2. The monoisotopic (exact) mass is 158 g/mol. The topological polar surface area (TPSA) is 37.3 Å². The van der Waals surface area contributed by atoms with Crippen LogP contribution >= 0.6 is 0 Å². The summed E-state index contributed by atoms with van der Waals surface area (Å²) < 4.78 is 12.6. The quantitative estimate of drug-likeness (QED) is 0.501. The van der Waals surface area contributed by atoms with Gasteiger partial charge in [0.2, 0.25) is 0 Å². The van der Waals surface area contributed by atoms with Crippen molar-refractivity contribution in [3.63, 3.8) is 0 Å². The highest BCUT2D eigenvalue weighted by molar-refractivity contribution is 5.85. The van der Waals surface area contributed by atoms with Crippen LogP contribution in [-0.2, 0) is 4.79 Å². The molecule has 11 heavy (non-hydrogen) atoms. The average Bonchev–Trinajstić information content (AvgIpc) is 1.87. The Labute approximate surface area is 65.0 Å². The lowest BCUT2D eigenvalue weighted by Gasteiger charge is -1.97. The van der Waals surface area contributed by atoms with E-state index < -0.39 is 12.1 Å². The molecule has 0 aliphatic carbocycles. The smallest absolute Gasteiger partial charge is 0.331 e. The van der Waals surface area contributed by atoms with Gasteiger partial charge in [0.15, 0.2) is 0 Å². The number of halogens is 1. The predicted octanol–water partition coefficient (Wildman–Crippen LogP) is 1.93. The molecule has 0 aliphatic rings. The van der Waals surface area contributed by atoms with Crippen molar-refractivity contribution >= 4 is 5.97 Å². The summed E-state index contributed by atoms with van der Waals surface area (Å²) in [5, 5.41) is 8.34. The van der Waals surface area contributed by atoms with Crippen molar-refractivity contribution in [2.24, 2.45) is 0 Å². The average molecular weight is 158 g/mol. The van der Waals surface area contributed by atoms with Gasteiger partial charge in [-0.3, -0.25) is 0 Å². The van der Waals surface area contributed by atoms with Crippen LogP contribution in [-0.4, -0.2) is 17.2 Å². The molecule has 2 nitrogen and oxygen atoms in total. The fourth-order valence-electron chi connectivity index (χ4n) is 0.570. The molecule has 0 aromatic rings. The van der Waals surface area contributed by atoms with Crippen LogP contribution in [0.1, 0.15) is 13.3 Å². The summed E-state index contributed by atoms with van der Waals surface area (Å²) in [4.78, 5) is 10.2. The van der Waals surface area contributed by atoms with Crippen molar-refractivity contribution in [1.29, 1.82) is 0 Å². The number of rotatable bonds is 4. The van der Waals surface area contributed by atoms with Crippen LogP contribution in [0.2, 0.25) is 0 Å². The SMILES string of the molecule is C=CCC(F)/C=C(\C)C(=O)O. The Morgan fingerprint density at radius 2 is 2.36 bits per heavy atom. The summed E-state index contributed by atoms with van der Waals surface area (Å²) >= 11 is 0. The molecule has 1 N–H and O–H groups in total. The zero-order valence-electron chi connectivity index (χ0n) is 6.38. The van der Waals surface area contributed by atoms with E-state index in [0.717, 1.165) is 6.08 Å². The van der Waals surface area contributed by atoms with E-state index in [4.69, 9.17) is 5.11 Å². The Bertz CT molecular complexity index is 185. The number of hydrogen-bond donors (Lipinski definition) is 1. The van der Waals surface area contributed by atoms with Gasteiger partial charge < -0.3 is 5.11 Å². The second-order valence-corrected chi connectivity index (χ2v) is 2.20. The molecule has 0 radical (unpaired) electrons. The second kappa shape index (κ2) is 4.66. The Kier molecular flexibility index (Phi) is 4.18. The van der Waals surface area contributed by atoms with E-state index >= 15 is 0 Å². The summed E-state index contributed by atoms with van der Waals surface area (Å²) in [6, 6.07) is 0. The molecule has 0 saturated heterocycles. The first-order valence-electron chi connectivity index (χ1n) is 3.24. The predicted molar refractivity (Wildman–Crippen MR) is 41.1 cm³/mol. The molecular weight excluding hydrogens is 147 g/mol. The molecule has 0 bridgehead atoms. The molecule has 0 aliphatic heterocycles. The minimum absolute atomic E-state index is 0.0272. The zero-order valence-corrected chi connectivity index (χ0v) is 6.38. The van der Waals surface area contributed by atoms with E-state index in [1.807, 2.05) is 0 Å². The Morgan fingerprint density at radius 3 is 2.73 bits per heavy atom. The van der Waals surface area contributed by atoms with Crippen molar-refractivity contribution in [3.8, 4) is 0 Å². The third-order valence-electron chi connectivity index (χ3n) is 1.16. The number of hydrogen-bond acceptors (Lipinski definition) is 1. The molecule has 62 valence electrons. The molecule has 0 rings (SSSR count). The first-order valence-corrected chi connectivity index (χ1v) is 3.24. The number of alkyl halides is 1. The van der Waals surface area contributed by atoms with Crippen molar-refractivity contribution in [2.75, 3.05) is 0 Å². The van der Waals surface area contributed by atoms with Crippen LogP contribution in [0.15, 0.2) is 24.3 Å². The fraction of sp³-hybridized carbons (Fsp3) is 0.375. The molecule has 3 heteroatoms. The van der Waals surface area contributed by atoms with Gasteiger partial charge in [0.05, 0.1) is 0 Å². The van der Waals surface area contributed by atoms with E-state index in [1.165, 1.54) is 13.0 Å². The normalized spacial score (nSPS) is 14.2. The third kappa shape index (κ3) is 4.31. The molecule has 0 saturated carbocycles. The molecular formula is C8H11FO2. The van der Waals surface area contributed by atoms with Gasteiger partial charge in [-0.2, -0.15) is 0 Å². The highest BCUT2D eigenvalue weighted by Gasteiger charge is 2.04. The minimum Gasteiger partial charge on any atom is -0.478 e. The Hall–Kier alpha value is -1.12. The van der Waals surface area contributed by atoms with Crippen molar-refractivity contribution in [2.45, 2.75) is 19.5 Å². The van der Waals surface area contributed by atoms with E-state index in [2.05, 4.69) is 6.58 Å². The van der Waals surface area contributed by atoms with Gasteiger partial charge >= 0.3 is 5.97 Å². The zero-order chi connectivity index (χ0) is 8.85. The summed E-state index contributed by atoms with van der Waals surface area (Å²) in [6.45, 7) is 4.70. The van der Waals surface area contributed by atoms with E-state index in [-0.39, 0.29) is 12.0 Å². The van der Waals surface area contributed by atoms with E-state index in [9.17, 15) is 9.18 Å². The maximum atomic E-state index is 12.6.